The minimum Gasteiger partial charge on any atom is -0.489 e. The fraction of sp³-hybridized carbons (Fsp3) is 0.273. The van der Waals surface area contributed by atoms with E-state index in [0.717, 1.165) is 27.1 Å². The van der Waals surface area contributed by atoms with Crippen LogP contribution in [0.3, 0.4) is 0 Å². The molecule has 0 aliphatic rings. The van der Waals surface area contributed by atoms with Crippen LogP contribution in [0.15, 0.2) is 46.1 Å². The molecule has 0 unspecified atom stereocenters. The maximum atomic E-state index is 12.4. The molecule has 0 spiro atoms. The smallest absolute Gasteiger partial charge is 0.368 e. The van der Waals surface area contributed by atoms with Crippen LogP contribution in [0.1, 0.15) is 16.7 Å². The van der Waals surface area contributed by atoms with Crippen LogP contribution >= 0.6 is 11.6 Å². The first-order valence-corrected chi connectivity index (χ1v) is 12.0. The summed E-state index contributed by atoms with van der Waals surface area (Å²) < 4.78 is 22.5. The van der Waals surface area contributed by atoms with Crippen molar-refractivity contribution in [2.75, 3.05) is 6.26 Å². The van der Waals surface area contributed by atoms with Crippen molar-refractivity contribution in [2.24, 2.45) is 14.1 Å². The SMILES string of the molecule is Cc1cc(-c2nn(C)c(Cl)c2C)ccc1OCc1c(-n2nnn(C)c2=O)cccc1[S@@](C)=O. The normalized spacial score (nSPS) is 12.2. The molecule has 0 saturated carbocycles. The van der Waals surface area contributed by atoms with E-state index >= 15 is 0 Å². The van der Waals surface area contributed by atoms with Crippen LogP contribution in [0.2, 0.25) is 5.15 Å². The Balaban J connectivity index is 1.68. The van der Waals surface area contributed by atoms with Gasteiger partial charge in [-0.3, -0.25) is 8.89 Å². The van der Waals surface area contributed by atoms with Crippen LogP contribution in [0.25, 0.3) is 16.9 Å². The number of hydrogen-bond donors (Lipinski definition) is 0. The van der Waals surface area contributed by atoms with E-state index < -0.39 is 16.5 Å². The number of aromatic nitrogens is 6. The molecule has 0 radical (unpaired) electrons. The molecule has 0 N–H and O–H groups in total. The first kappa shape index (κ1) is 22.9. The third-order valence-electron chi connectivity index (χ3n) is 5.39. The quantitative estimate of drug-likeness (QED) is 0.415. The van der Waals surface area contributed by atoms with Gasteiger partial charge in [0, 0.05) is 41.9 Å². The molecule has 2 aromatic carbocycles. The maximum Gasteiger partial charge on any atom is 0.368 e. The van der Waals surface area contributed by atoms with Gasteiger partial charge in [-0.15, -0.1) is 0 Å². The molecule has 9 nitrogen and oxygen atoms in total. The van der Waals surface area contributed by atoms with Crippen molar-refractivity contribution in [3.05, 3.63) is 68.7 Å². The van der Waals surface area contributed by atoms with Crippen LogP contribution in [-0.4, -0.2) is 40.0 Å². The first-order chi connectivity index (χ1) is 15.7. The monoisotopic (exact) mass is 486 g/mol. The van der Waals surface area contributed by atoms with E-state index in [1.54, 1.807) is 36.2 Å². The van der Waals surface area contributed by atoms with Crippen molar-refractivity contribution in [1.29, 1.82) is 0 Å². The molecule has 0 amide bonds. The highest BCUT2D eigenvalue weighted by Crippen LogP contribution is 2.31. The van der Waals surface area contributed by atoms with Gasteiger partial charge in [-0.05, 0) is 60.2 Å². The van der Waals surface area contributed by atoms with Crippen LogP contribution in [0.5, 0.6) is 5.75 Å². The van der Waals surface area contributed by atoms with Gasteiger partial charge in [0.05, 0.1) is 22.2 Å². The van der Waals surface area contributed by atoms with Crippen molar-refractivity contribution < 1.29 is 8.95 Å². The average Bonchev–Trinajstić information content (AvgIpc) is 3.25. The minimum atomic E-state index is -1.29. The molecule has 4 aromatic rings. The van der Waals surface area contributed by atoms with Gasteiger partial charge in [0.2, 0.25) is 0 Å². The second kappa shape index (κ2) is 8.95. The molecule has 4 rings (SSSR count). The molecular formula is C22H23ClN6O3S. The van der Waals surface area contributed by atoms with Crippen LogP contribution in [-0.2, 0) is 31.5 Å². The van der Waals surface area contributed by atoms with Crippen LogP contribution < -0.4 is 10.4 Å². The molecule has 0 bridgehead atoms. The fourth-order valence-electron chi connectivity index (χ4n) is 3.62. The molecule has 0 fully saturated rings. The predicted molar refractivity (Wildman–Crippen MR) is 126 cm³/mol. The summed E-state index contributed by atoms with van der Waals surface area (Å²) in [4.78, 5) is 13.0. The third kappa shape index (κ3) is 4.23. The Morgan fingerprint density at radius 1 is 1.09 bits per heavy atom. The number of rotatable bonds is 6. The Morgan fingerprint density at radius 2 is 1.85 bits per heavy atom. The lowest BCUT2D eigenvalue weighted by Gasteiger charge is -2.15. The summed E-state index contributed by atoms with van der Waals surface area (Å²) in [6.45, 7) is 3.97. The van der Waals surface area contributed by atoms with Gasteiger partial charge in [0.25, 0.3) is 0 Å². The zero-order valence-electron chi connectivity index (χ0n) is 18.9. The van der Waals surface area contributed by atoms with Crippen LogP contribution in [0.4, 0.5) is 0 Å². The van der Waals surface area contributed by atoms with Gasteiger partial charge in [0.1, 0.15) is 17.5 Å². The topological polar surface area (TPSA) is 96.8 Å². The van der Waals surface area contributed by atoms with E-state index in [2.05, 4.69) is 15.5 Å². The number of halogens is 1. The summed E-state index contributed by atoms with van der Waals surface area (Å²) in [5, 5.41) is 12.8. The summed E-state index contributed by atoms with van der Waals surface area (Å²) >= 11 is 6.27. The summed E-state index contributed by atoms with van der Waals surface area (Å²) in [6.07, 6.45) is 1.59. The van der Waals surface area contributed by atoms with E-state index in [4.69, 9.17) is 16.3 Å². The Hall–Kier alpha value is -3.24. The molecule has 2 aromatic heterocycles. The summed E-state index contributed by atoms with van der Waals surface area (Å²) in [7, 11) is 2.03. The highest BCUT2D eigenvalue weighted by molar-refractivity contribution is 7.84. The van der Waals surface area contributed by atoms with Gasteiger partial charge < -0.3 is 4.74 Å². The standard InChI is InChI=1S/C22H23ClN6O3S/c1-13-11-15(20-14(2)21(23)27(3)24-20)9-10-18(13)32-12-16-17(7-6-8-19(16)33(5)31)29-22(30)28(4)25-26-29/h6-11H,12H2,1-5H3/t33-/m1/s1. The number of tetrazole rings is 1. The number of benzene rings is 2. The highest BCUT2D eigenvalue weighted by atomic mass is 35.5. The zero-order valence-corrected chi connectivity index (χ0v) is 20.4. The number of nitrogens with zero attached hydrogens (tertiary/aromatic N) is 6. The van der Waals surface area contributed by atoms with Crippen molar-refractivity contribution in [3.63, 3.8) is 0 Å². The molecule has 172 valence electrons. The number of ether oxygens (including phenoxy) is 1. The van der Waals surface area contributed by atoms with E-state index in [9.17, 15) is 9.00 Å². The van der Waals surface area contributed by atoms with Crippen LogP contribution in [0, 0.1) is 13.8 Å². The molecule has 0 aliphatic heterocycles. The van der Waals surface area contributed by atoms with Gasteiger partial charge in [0.15, 0.2) is 0 Å². The van der Waals surface area contributed by atoms with E-state index in [0.29, 0.717) is 27.0 Å². The lowest BCUT2D eigenvalue weighted by molar-refractivity contribution is 0.300. The highest BCUT2D eigenvalue weighted by Gasteiger charge is 2.18. The van der Waals surface area contributed by atoms with Gasteiger partial charge in [-0.25, -0.2) is 4.79 Å². The van der Waals surface area contributed by atoms with Gasteiger partial charge >= 0.3 is 5.69 Å². The molecule has 11 heteroatoms. The second-order valence-corrected chi connectivity index (χ2v) is 9.37. The van der Waals surface area contributed by atoms with Gasteiger partial charge in [-0.2, -0.15) is 14.5 Å². The zero-order chi connectivity index (χ0) is 23.9. The third-order valence-corrected chi connectivity index (χ3v) is 6.92. The van der Waals surface area contributed by atoms with Crippen molar-refractivity contribution in [3.8, 4) is 22.7 Å². The Labute approximate surface area is 198 Å². The average molecular weight is 487 g/mol. The van der Waals surface area contributed by atoms with Gasteiger partial charge in [-0.1, -0.05) is 17.7 Å². The lowest BCUT2D eigenvalue weighted by Crippen LogP contribution is -2.23. The van der Waals surface area contributed by atoms with Crippen molar-refractivity contribution in [1.82, 2.24) is 29.6 Å². The first-order valence-electron chi connectivity index (χ1n) is 10.1. The maximum absolute atomic E-state index is 12.4. The Kier molecular flexibility index (Phi) is 6.22. The fourth-order valence-corrected chi connectivity index (χ4v) is 4.53. The summed E-state index contributed by atoms with van der Waals surface area (Å²) in [6, 6.07) is 11.0. The molecule has 2 heterocycles. The van der Waals surface area contributed by atoms with Crippen molar-refractivity contribution in [2.45, 2.75) is 25.3 Å². The molecule has 0 saturated heterocycles. The largest absolute Gasteiger partial charge is 0.489 e. The van der Waals surface area contributed by atoms with E-state index in [1.165, 1.54) is 11.7 Å². The summed E-state index contributed by atoms with van der Waals surface area (Å²) in [5.74, 6) is 0.660. The number of aryl methyl sites for hydroxylation is 3. The molecule has 33 heavy (non-hydrogen) atoms. The van der Waals surface area contributed by atoms with E-state index in [1.807, 2.05) is 32.0 Å². The molecule has 0 aliphatic carbocycles. The van der Waals surface area contributed by atoms with E-state index in [-0.39, 0.29) is 6.61 Å². The minimum absolute atomic E-state index is 0.0999. The van der Waals surface area contributed by atoms with Crippen molar-refractivity contribution >= 4 is 22.4 Å². The Bertz CT molecular complexity index is 1440. The predicted octanol–water partition coefficient (Wildman–Crippen LogP) is 2.95. The molecular weight excluding hydrogens is 464 g/mol. The second-order valence-electron chi connectivity index (χ2n) is 7.66. The molecule has 1 atom stereocenters. The Morgan fingerprint density at radius 3 is 2.42 bits per heavy atom. The summed E-state index contributed by atoms with van der Waals surface area (Å²) in [5.41, 5.74) is 4.24. The number of hydrogen-bond acceptors (Lipinski definition) is 6. The lowest BCUT2D eigenvalue weighted by atomic mass is 10.1.